The second kappa shape index (κ2) is 10.7. The zero-order chi connectivity index (χ0) is 22.3. The van der Waals surface area contributed by atoms with Crippen molar-refractivity contribution >= 4 is 13.3 Å². The minimum atomic E-state index is -3.56. The Hall–Kier alpha value is -2.28. The lowest BCUT2D eigenvalue weighted by Gasteiger charge is -2.28. The molecule has 0 aliphatic carbocycles. The van der Waals surface area contributed by atoms with Gasteiger partial charge in [0, 0.05) is 12.2 Å². The van der Waals surface area contributed by atoms with E-state index in [-0.39, 0.29) is 37.0 Å². The quantitative estimate of drug-likeness (QED) is 0.481. The van der Waals surface area contributed by atoms with Crippen LogP contribution in [0, 0.1) is 13.8 Å². The molecule has 2 aromatic rings. The van der Waals surface area contributed by atoms with Gasteiger partial charge < -0.3 is 28.9 Å². The fourth-order valence-corrected chi connectivity index (χ4v) is 5.16. The highest BCUT2D eigenvalue weighted by Crippen LogP contribution is 2.62. The van der Waals surface area contributed by atoms with Gasteiger partial charge in [-0.3, -0.25) is 9.55 Å². The zero-order valence-corrected chi connectivity index (χ0v) is 19.3. The van der Waals surface area contributed by atoms with E-state index in [1.807, 2.05) is 26.0 Å². The lowest BCUT2D eigenvalue weighted by atomic mass is 10.1. The number of hydrogen-bond donors (Lipinski definition) is 2. The highest BCUT2D eigenvalue weighted by Gasteiger charge is 2.38. The molecule has 0 aliphatic heterocycles. The molecule has 0 saturated carbocycles. The first-order valence-electron chi connectivity index (χ1n) is 9.81. The number of aromatic nitrogens is 1. The van der Waals surface area contributed by atoms with Crippen LogP contribution in [0.4, 0.5) is 5.69 Å². The second-order valence-corrected chi connectivity index (χ2v) is 8.85. The molecule has 30 heavy (non-hydrogen) atoms. The van der Waals surface area contributed by atoms with Crippen molar-refractivity contribution in [2.45, 2.75) is 33.4 Å². The summed E-state index contributed by atoms with van der Waals surface area (Å²) < 4.78 is 35.5. The molecular formula is C21H31N2O6P. The van der Waals surface area contributed by atoms with Crippen LogP contribution in [0.3, 0.4) is 0 Å². The first-order valence-corrected chi connectivity index (χ1v) is 11.4. The van der Waals surface area contributed by atoms with Crippen LogP contribution < -0.4 is 14.8 Å². The number of phenols is 1. The van der Waals surface area contributed by atoms with Crippen LogP contribution in [0.1, 0.15) is 36.5 Å². The topological polar surface area (TPSA) is 99.1 Å². The van der Waals surface area contributed by atoms with Gasteiger partial charge in [-0.05, 0) is 57.5 Å². The predicted molar refractivity (Wildman–Crippen MR) is 117 cm³/mol. The number of ether oxygens (including phenoxy) is 2. The maximum atomic E-state index is 13.7. The number of pyridine rings is 1. The smallest absolute Gasteiger partial charge is 0.339 e. The van der Waals surface area contributed by atoms with E-state index in [9.17, 15) is 9.67 Å². The normalized spacial score (nSPS) is 12.5. The third-order valence-electron chi connectivity index (χ3n) is 4.60. The first kappa shape index (κ1) is 24.0. The molecule has 166 valence electrons. The molecule has 0 aliphatic rings. The highest BCUT2D eigenvalue weighted by molar-refractivity contribution is 7.54. The number of nitrogens with one attached hydrogen (secondary N) is 1. The second-order valence-electron chi connectivity index (χ2n) is 6.63. The summed E-state index contributed by atoms with van der Waals surface area (Å²) in [7, 11) is -0.680. The number of aryl methyl sites for hydroxylation is 2. The monoisotopic (exact) mass is 438 g/mol. The van der Waals surface area contributed by atoms with Crippen molar-refractivity contribution in [3.05, 3.63) is 41.2 Å². The van der Waals surface area contributed by atoms with E-state index in [4.69, 9.17) is 18.5 Å². The lowest BCUT2D eigenvalue weighted by molar-refractivity contribution is 0.212. The van der Waals surface area contributed by atoms with Crippen molar-refractivity contribution in [2.24, 2.45) is 0 Å². The number of anilines is 1. The summed E-state index contributed by atoms with van der Waals surface area (Å²) >= 11 is 0. The molecule has 1 aromatic carbocycles. The minimum absolute atomic E-state index is 0.128. The zero-order valence-electron chi connectivity index (χ0n) is 18.4. The van der Waals surface area contributed by atoms with Gasteiger partial charge in [0.25, 0.3) is 0 Å². The van der Waals surface area contributed by atoms with Crippen molar-refractivity contribution in [3.63, 3.8) is 0 Å². The van der Waals surface area contributed by atoms with E-state index >= 15 is 0 Å². The molecule has 0 amide bonds. The predicted octanol–water partition coefficient (Wildman–Crippen LogP) is 4.84. The molecule has 9 heteroatoms. The Morgan fingerprint density at radius 3 is 2.10 bits per heavy atom. The van der Waals surface area contributed by atoms with Crippen molar-refractivity contribution in [2.75, 3.05) is 39.3 Å². The number of phenolic OH excluding ortho intramolecular Hbond substituents is 1. The molecular weight excluding hydrogens is 407 g/mol. The lowest BCUT2D eigenvalue weighted by Crippen LogP contribution is -2.17. The van der Waals surface area contributed by atoms with E-state index < -0.39 is 13.3 Å². The summed E-state index contributed by atoms with van der Waals surface area (Å²) in [5, 5.41) is 13.6. The fraction of sp³-hybridized carbons (Fsp3) is 0.476. The van der Waals surface area contributed by atoms with Gasteiger partial charge in [0.15, 0.2) is 11.5 Å². The number of rotatable bonds is 11. The summed E-state index contributed by atoms with van der Waals surface area (Å²) in [5.41, 5.74) is 2.48. The third-order valence-corrected chi connectivity index (χ3v) is 7.08. The minimum Gasteiger partial charge on any atom is -0.502 e. The van der Waals surface area contributed by atoms with Gasteiger partial charge >= 0.3 is 7.60 Å². The molecule has 1 atom stereocenters. The molecule has 0 fully saturated rings. The van der Waals surface area contributed by atoms with Crippen molar-refractivity contribution in [3.8, 4) is 17.2 Å². The third kappa shape index (κ3) is 5.45. The molecule has 0 saturated heterocycles. The largest absolute Gasteiger partial charge is 0.502 e. The van der Waals surface area contributed by atoms with Crippen LogP contribution >= 0.6 is 7.60 Å². The summed E-state index contributed by atoms with van der Waals surface area (Å²) in [4.78, 5) is 4.46. The van der Waals surface area contributed by atoms with Gasteiger partial charge in [0.1, 0.15) is 5.66 Å². The van der Waals surface area contributed by atoms with Crippen LogP contribution in [-0.4, -0.2) is 44.1 Å². The summed E-state index contributed by atoms with van der Waals surface area (Å²) in [6, 6.07) is 7.07. The van der Waals surface area contributed by atoms with E-state index in [0.29, 0.717) is 5.56 Å². The number of methoxy groups -OCH3 is 2. The Labute approximate surface area is 178 Å². The summed E-state index contributed by atoms with van der Waals surface area (Å²) in [6.07, 6.45) is 0. The van der Waals surface area contributed by atoms with Gasteiger partial charge in [0.05, 0.1) is 38.8 Å². The van der Waals surface area contributed by atoms with Gasteiger partial charge in [-0.2, -0.15) is 0 Å². The summed E-state index contributed by atoms with van der Waals surface area (Å²) in [5.74, 6) is 0.292. The number of nitrogens with zero attached hydrogens (tertiary/aromatic N) is 1. The standard InChI is InChI=1S/C21H31N2O6P/c1-7-28-30(25,29-8-2)20(13-22-17-10-9-14(3)23-15(17)4)16-11-18(26-5)21(24)19(12-16)27-6/h9-12,20,22,24H,7-8,13H2,1-6H3. The van der Waals surface area contributed by atoms with Crippen LogP contribution in [0.2, 0.25) is 0 Å². The Morgan fingerprint density at radius 2 is 1.63 bits per heavy atom. The maximum absolute atomic E-state index is 13.7. The average Bonchev–Trinajstić information content (AvgIpc) is 2.70. The number of aromatic hydroxyl groups is 1. The fourth-order valence-electron chi connectivity index (χ4n) is 3.18. The van der Waals surface area contributed by atoms with Gasteiger partial charge in [-0.1, -0.05) is 0 Å². The highest BCUT2D eigenvalue weighted by atomic mass is 31.2. The summed E-state index contributed by atoms with van der Waals surface area (Å²) in [6.45, 7) is 8.06. The van der Waals surface area contributed by atoms with Gasteiger partial charge in [-0.15, -0.1) is 0 Å². The molecule has 0 spiro atoms. The molecule has 2 rings (SSSR count). The van der Waals surface area contributed by atoms with Crippen molar-refractivity contribution in [1.82, 2.24) is 4.98 Å². The molecule has 0 radical (unpaired) electrons. The SMILES string of the molecule is CCOP(=O)(OCC)C(CNc1ccc(C)nc1C)c1cc(OC)c(O)c(OC)c1. The molecule has 1 heterocycles. The Morgan fingerprint density at radius 1 is 1.07 bits per heavy atom. The van der Waals surface area contributed by atoms with Gasteiger partial charge in [-0.25, -0.2) is 0 Å². The molecule has 1 aromatic heterocycles. The Balaban J connectivity index is 2.52. The van der Waals surface area contributed by atoms with Gasteiger partial charge in [0.2, 0.25) is 5.75 Å². The number of benzene rings is 1. The Kier molecular flexibility index (Phi) is 8.53. The van der Waals surface area contributed by atoms with E-state index in [1.54, 1.807) is 26.0 Å². The van der Waals surface area contributed by atoms with E-state index in [1.165, 1.54) is 14.2 Å². The first-order chi connectivity index (χ1) is 14.3. The maximum Gasteiger partial charge on any atom is 0.339 e. The Bertz CT molecular complexity index is 870. The van der Waals surface area contributed by atoms with Crippen molar-refractivity contribution < 1.29 is 28.2 Å². The molecule has 8 nitrogen and oxygen atoms in total. The van der Waals surface area contributed by atoms with E-state index in [2.05, 4.69) is 10.3 Å². The molecule has 2 N–H and O–H groups in total. The van der Waals surface area contributed by atoms with Crippen LogP contribution in [0.25, 0.3) is 0 Å². The van der Waals surface area contributed by atoms with Crippen LogP contribution in [-0.2, 0) is 13.6 Å². The number of hydrogen-bond acceptors (Lipinski definition) is 8. The van der Waals surface area contributed by atoms with Crippen LogP contribution in [0.5, 0.6) is 17.2 Å². The average molecular weight is 438 g/mol. The van der Waals surface area contributed by atoms with Crippen LogP contribution in [0.15, 0.2) is 24.3 Å². The molecule has 0 bridgehead atoms. The molecule has 1 unspecified atom stereocenters. The van der Waals surface area contributed by atoms with E-state index in [0.717, 1.165) is 17.1 Å². The van der Waals surface area contributed by atoms with Crippen molar-refractivity contribution in [1.29, 1.82) is 0 Å².